The third-order valence-electron chi connectivity index (χ3n) is 2.35. The molecule has 2 rings (SSSR count). The van der Waals surface area contributed by atoms with E-state index in [4.69, 9.17) is 15.4 Å². The topological polar surface area (TPSA) is 114 Å². The molecule has 20 heavy (non-hydrogen) atoms. The highest BCUT2D eigenvalue weighted by molar-refractivity contribution is 8.13. The molecule has 0 fully saturated rings. The third kappa shape index (κ3) is 3.06. The molecule has 2 aromatic rings. The molecule has 2 N–H and O–H groups in total. The van der Waals surface area contributed by atoms with Crippen LogP contribution in [0.2, 0.25) is 0 Å². The maximum atomic E-state index is 11.8. The van der Waals surface area contributed by atoms with E-state index >= 15 is 0 Å². The molecule has 0 aliphatic rings. The summed E-state index contributed by atoms with van der Waals surface area (Å²) in [5, 5.41) is 11.9. The van der Waals surface area contributed by atoms with Crippen LogP contribution in [-0.2, 0) is 9.05 Å². The third-order valence-corrected chi connectivity index (χ3v) is 3.70. The fraction of sp³-hybridized carbons (Fsp3) is 0.100. The van der Waals surface area contributed by atoms with Gasteiger partial charge in [0.15, 0.2) is 5.69 Å². The summed E-state index contributed by atoms with van der Waals surface area (Å²) in [5.41, 5.74) is 0.202. The lowest BCUT2D eigenvalue weighted by atomic mass is 10.3. The molecule has 0 saturated carbocycles. The summed E-state index contributed by atoms with van der Waals surface area (Å²) in [4.78, 5) is 11.7. The van der Waals surface area contributed by atoms with E-state index < -0.39 is 15.0 Å². The molecule has 1 amide bonds. The SMILES string of the molecule is COc1ccc(S(=O)(=O)Cl)cc1NC(=O)c1cn[nH]n1. The number of H-pyrrole nitrogens is 1. The van der Waals surface area contributed by atoms with Gasteiger partial charge >= 0.3 is 0 Å². The number of benzene rings is 1. The van der Waals surface area contributed by atoms with Gasteiger partial charge in [0.2, 0.25) is 0 Å². The summed E-state index contributed by atoms with van der Waals surface area (Å²) in [6, 6.07) is 3.85. The van der Waals surface area contributed by atoms with E-state index in [1.165, 1.54) is 31.5 Å². The van der Waals surface area contributed by atoms with Crippen LogP contribution in [0.3, 0.4) is 0 Å². The molecule has 0 bridgehead atoms. The lowest BCUT2D eigenvalue weighted by molar-refractivity contribution is 0.102. The van der Waals surface area contributed by atoms with E-state index in [0.29, 0.717) is 0 Å². The lowest BCUT2D eigenvalue weighted by Gasteiger charge is -2.10. The van der Waals surface area contributed by atoms with Gasteiger partial charge in [0.05, 0.1) is 23.9 Å². The molecule has 0 radical (unpaired) electrons. The van der Waals surface area contributed by atoms with Crippen molar-refractivity contribution in [1.29, 1.82) is 0 Å². The molecular weight excluding hydrogens is 308 g/mol. The first-order chi connectivity index (χ1) is 9.41. The zero-order valence-corrected chi connectivity index (χ0v) is 11.7. The van der Waals surface area contributed by atoms with Crippen LogP contribution in [0.4, 0.5) is 5.69 Å². The molecule has 0 aliphatic carbocycles. The predicted molar refractivity (Wildman–Crippen MR) is 70.4 cm³/mol. The van der Waals surface area contributed by atoms with Crippen LogP contribution in [-0.4, -0.2) is 36.8 Å². The summed E-state index contributed by atoms with van der Waals surface area (Å²) in [6.45, 7) is 0. The minimum absolute atomic E-state index is 0.0474. The Labute approximate surface area is 118 Å². The number of rotatable bonds is 4. The van der Waals surface area contributed by atoms with Crippen molar-refractivity contribution in [2.24, 2.45) is 0 Å². The van der Waals surface area contributed by atoms with Gasteiger partial charge < -0.3 is 10.1 Å². The number of aromatic amines is 1. The van der Waals surface area contributed by atoms with Gasteiger partial charge in [-0.15, -0.1) is 0 Å². The average Bonchev–Trinajstić information content (AvgIpc) is 2.91. The van der Waals surface area contributed by atoms with Crippen molar-refractivity contribution in [1.82, 2.24) is 15.4 Å². The monoisotopic (exact) mass is 316 g/mol. The Kier molecular flexibility index (Phi) is 3.91. The number of halogens is 1. The highest BCUT2D eigenvalue weighted by Crippen LogP contribution is 2.29. The molecule has 0 saturated heterocycles. The molecule has 0 spiro atoms. The van der Waals surface area contributed by atoms with Crippen molar-refractivity contribution >= 4 is 31.3 Å². The van der Waals surface area contributed by atoms with Gasteiger partial charge in [0.1, 0.15) is 5.75 Å². The van der Waals surface area contributed by atoms with E-state index in [1.54, 1.807) is 0 Å². The first kappa shape index (κ1) is 14.3. The fourth-order valence-corrected chi connectivity index (χ4v) is 2.21. The first-order valence-electron chi connectivity index (χ1n) is 5.21. The van der Waals surface area contributed by atoms with Crippen molar-refractivity contribution < 1.29 is 17.9 Å². The Morgan fingerprint density at radius 3 is 2.75 bits per heavy atom. The van der Waals surface area contributed by atoms with Gasteiger partial charge in [-0.2, -0.15) is 15.4 Å². The lowest BCUT2D eigenvalue weighted by Crippen LogP contribution is -2.13. The number of ether oxygens (including phenoxy) is 1. The molecule has 106 valence electrons. The van der Waals surface area contributed by atoms with Gasteiger partial charge in [-0.25, -0.2) is 8.42 Å². The second-order valence-corrected chi connectivity index (χ2v) is 6.18. The van der Waals surface area contributed by atoms with Crippen LogP contribution < -0.4 is 10.1 Å². The molecular formula is C10H9ClN4O4S. The van der Waals surface area contributed by atoms with Gasteiger partial charge in [0, 0.05) is 10.7 Å². The Balaban J connectivity index is 2.37. The van der Waals surface area contributed by atoms with Crippen molar-refractivity contribution in [3.63, 3.8) is 0 Å². The smallest absolute Gasteiger partial charge is 0.277 e. The minimum atomic E-state index is -3.91. The summed E-state index contributed by atoms with van der Waals surface area (Å²) in [7, 11) is 2.73. The quantitative estimate of drug-likeness (QED) is 0.813. The van der Waals surface area contributed by atoms with Crippen molar-refractivity contribution in [2.45, 2.75) is 4.90 Å². The van der Waals surface area contributed by atoms with Crippen LogP contribution in [0.5, 0.6) is 5.75 Å². The highest BCUT2D eigenvalue weighted by atomic mass is 35.7. The summed E-state index contributed by atoms with van der Waals surface area (Å²) in [6.07, 6.45) is 1.23. The second kappa shape index (κ2) is 5.47. The molecule has 1 aromatic carbocycles. The maximum Gasteiger partial charge on any atom is 0.277 e. The number of hydrogen-bond donors (Lipinski definition) is 2. The van der Waals surface area contributed by atoms with E-state index in [1.807, 2.05) is 0 Å². The predicted octanol–water partition coefficient (Wildman–Crippen LogP) is 0.993. The summed E-state index contributed by atoms with van der Waals surface area (Å²) >= 11 is 0. The Morgan fingerprint density at radius 2 is 2.20 bits per heavy atom. The molecule has 1 heterocycles. The zero-order valence-electron chi connectivity index (χ0n) is 10.1. The molecule has 1 aromatic heterocycles. The second-order valence-electron chi connectivity index (χ2n) is 3.61. The number of amides is 1. The van der Waals surface area contributed by atoms with Crippen LogP contribution >= 0.6 is 10.7 Å². The number of carbonyl (C=O) groups is 1. The Bertz CT molecular complexity index is 730. The molecule has 0 atom stereocenters. The number of anilines is 1. The van der Waals surface area contributed by atoms with Crippen molar-refractivity contribution in [2.75, 3.05) is 12.4 Å². The number of hydrogen-bond acceptors (Lipinski definition) is 6. The van der Waals surface area contributed by atoms with E-state index in [-0.39, 0.29) is 22.0 Å². The molecule has 0 aliphatic heterocycles. The Morgan fingerprint density at radius 1 is 1.45 bits per heavy atom. The number of carbonyl (C=O) groups excluding carboxylic acids is 1. The van der Waals surface area contributed by atoms with Crippen LogP contribution in [0.1, 0.15) is 10.5 Å². The minimum Gasteiger partial charge on any atom is -0.495 e. The molecule has 8 nitrogen and oxygen atoms in total. The van der Waals surface area contributed by atoms with Crippen LogP contribution in [0.25, 0.3) is 0 Å². The number of nitrogens with one attached hydrogen (secondary N) is 2. The average molecular weight is 317 g/mol. The molecule has 0 unspecified atom stereocenters. The fourth-order valence-electron chi connectivity index (χ4n) is 1.43. The zero-order chi connectivity index (χ0) is 14.8. The molecule has 10 heteroatoms. The normalized spacial score (nSPS) is 11.1. The van der Waals surface area contributed by atoms with Crippen LogP contribution in [0, 0.1) is 0 Å². The number of nitrogens with zero attached hydrogens (tertiary/aromatic N) is 2. The maximum absolute atomic E-state index is 11.8. The van der Waals surface area contributed by atoms with Crippen molar-refractivity contribution in [3.8, 4) is 5.75 Å². The van der Waals surface area contributed by atoms with E-state index in [2.05, 4.69) is 20.7 Å². The number of aromatic nitrogens is 3. The Hall–Kier alpha value is -2.13. The van der Waals surface area contributed by atoms with E-state index in [0.717, 1.165) is 0 Å². The summed E-state index contributed by atoms with van der Waals surface area (Å²) in [5.74, 6) is -0.285. The highest BCUT2D eigenvalue weighted by Gasteiger charge is 2.16. The van der Waals surface area contributed by atoms with Crippen molar-refractivity contribution in [3.05, 3.63) is 30.1 Å². The van der Waals surface area contributed by atoms with Gasteiger partial charge in [0.25, 0.3) is 15.0 Å². The van der Waals surface area contributed by atoms with Gasteiger partial charge in [-0.05, 0) is 18.2 Å². The van der Waals surface area contributed by atoms with E-state index in [9.17, 15) is 13.2 Å². The number of methoxy groups -OCH3 is 1. The largest absolute Gasteiger partial charge is 0.495 e. The standard InChI is InChI=1S/C10H9ClN4O4S/c1-19-9-3-2-6(20(11,17)18)4-7(9)13-10(16)8-5-12-15-14-8/h2-5H,1H3,(H,13,16)(H,12,14,15). The summed E-state index contributed by atoms with van der Waals surface area (Å²) < 4.78 is 27.6. The van der Waals surface area contributed by atoms with Gasteiger partial charge in [-0.1, -0.05) is 0 Å². The van der Waals surface area contributed by atoms with Crippen LogP contribution in [0.15, 0.2) is 29.3 Å². The van der Waals surface area contributed by atoms with Gasteiger partial charge in [-0.3, -0.25) is 4.79 Å². The first-order valence-corrected chi connectivity index (χ1v) is 7.52.